The highest BCUT2D eigenvalue weighted by molar-refractivity contribution is 5.46. The molecule has 1 fully saturated rings. The summed E-state index contributed by atoms with van der Waals surface area (Å²) in [7, 11) is 0. The van der Waals surface area contributed by atoms with E-state index in [9.17, 15) is 0 Å². The molecule has 72 valence electrons. The lowest BCUT2D eigenvalue weighted by Crippen LogP contribution is -2.16. The fraction of sp³-hybridized carbons (Fsp3) is 0.700. The Morgan fingerprint density at radius 1 is 1.46 bits per heavy atom. The van der Waals surface area contributed by atoms with E-state index in [1.54, 1.807) is 0 Å². The third-order valence-electron chi connectivity index (χ3n) is 3.44. The van der Waals surface area contributed by atoms with Gasteiger partial charge in [0.05, 0.1) is 0 Å². The molecule has 0 spiro atoms. The molecule has 0 bridgehead atoms. The first-order valence-electron chi connectivity index (χ1n) is 4.89. The molecule has 1 heterocycles. The van der Waals surface area contributed by atoms with Gasteiger partial charge >= 0.3 is 0 Å². The van der Waals surface area contributed by atoms with Gasteiger partial charge in [0.25, 0.3) is 0 Å². The summed E-state index contributed by atoms with van der Waals surface area (Å²) in [5, 5.41) is 7.14. The molecule has 1 aliphatic carbocycles. The highest BCUT2D eigenvalue weighted by atomic mass is 15.2. The number of nitrogen functional groups attached to an aromatic ring is 1. The molecule has 3 nitrogen and oxygen atoms in total. The van der Waals surface area contributed by atoms with Crippen molar-refractivity contribution in [2.24, 2.45) is 5.92 Å². The molecule has 1 aromatic heterocycles. The van der Waals surface area contributed by atoms with Gasteiger partial charge in [0.1, 0.15) is 5.82 Å². The van der Waals surface area contributed by atoms with Crippen molar-refractivity contribution in [3.8, 4) is 0 Å². The quantitative estimate of drug-likeness (QED) is 0.729. The normalized spacial score (nSPS) is 19.4. The number of nitrogens with two attached hydrogens (primary N) is 1. The molecule has 2 rings (SSSR count). The van der Waals surface area contributed by atoms with Crippen LogP contribution in [0.1, 0.15) is 37.9 Å². The molecule has 3 N–H and O–H groups in total. The van der Waals surface area contributed by atoms with Crippen molar-refractivity contribution in [2.75, 3.05) is 5.73 Å². The molecule has 13 heavy (non-hydrogen) atoms. The smallest absolute Gasteiger partial charge is 0.148 e. The Morgan fingerprint density at radius 3 is 2.38 bits per heavy atom. The van der Waals surface area contributed by atoms with Gasteiger partial charge in [-0.15, -0.1) is 0 Å². The third-order valence-corrected chi connectivity index (χ3v) is 3.44. The Morgan fingerprint density at radius 2 is 2.08 bits per heavy atom. The van der Waals surface area contributed by atoms with E-state index in [0.717, 1.165) is 5.56 Å². The van der Waals surface area contributed by atoms with Gasteiger partial charge in [0.2, 0.25) is 0 Å². The number of rotatable bonds is 2. The van der Waals surface area contributed by atoms with Crippen LogP contribution in [0.4, 0.5) is 5.82 Å². The van der Waals surface area contributed by atoms with Crippen molar-refractivity contribution in [3.63, 3.8) is 0 Å². The van der Waals surface area contributed by atoms with Gasteiger partial charge in [-0.05, 0) is 25.7 Å². The summed E-state index contributed by atoms with van der Waals surface area (Å²) in [4.78, 5) is 0. The van der Waals surface area contributed by atoms with Crippen LogP contribution in [-0.4, -0.2) is 10.2 Å². The van der Waals surface area contributed by atoms with E-state index in [-0.39, 0.29) is 0 Å². The second kappa shape index (κ2) is 2.50. The summed E-state index contributed by atoms with van der Waals surface area (Å²) in [5.41, 5.74) is 8.49. The van der Waals surface area contributed by atoms with Gasteiger partial charge in [0, 0.05) is 16.7 Å². The zero-order chi connectivity index (χ0) is 9.64. The van der Waals surface area contributed by atoms with Crippen LogP contribution in [0.25, 0.3) is 0 Å². The van der Waals surface area contributed by atoms with Crippen molar-refractivity contribution >= 4 is 5.82 Å². The monoisotopic (exact) mass is 179 g/mol. The maximum Gasteiger partial charge on any atom is 0.148 e. The molecule has 1 aliphatic rings. The fourth-order valence-corrected chi connectivity index (χ4v) is 2.15. The highest BCUT2D eigenvalue weighted by Gasteiger charge is 2.49. The number of aromatic nitrogens is 2. The second-order valence-corrected chi connectivity index (χ2v) is 4.42. The maximum absolute atomic E-state index is 5.72. The van der Waals surface area contributed by atoms with Crippen LogP contribution in [0.3, 0.4) is 0 Å². The topological polar surface area (TPSA) is 54.7 Å². The zero-order valence-electron chi connectivity index (χ0n) is 8.52. The van der Waals surface area contributed by atoms with Crippen LogP contribution in [0, 0.1) is 12.8 Å². The lowest BCUT2D eigenvalue weighted by Gasteiger charge is -2.18. The highest BCUT2D eigenvalue weighted by Crippen LogP contribution is 2.54. The molecule has 0 amide bonds. The van der Waals surface area contributed by atoms with Crippen LogP contribution in [-0.2, 0) is 5.41 Å². The maximum atomic E-state index is 5.72. The minimum absolute atomic E-state index is 0.356. The lowest BCUT2D eigenvalue weighted by molar-refractivity contribution is 0.467. The molecular weight excluding hydrogens is 162 g/mol. The number of hydrogen-bond acceptors (Lipinski definition) is 2. The van der Waals surface area contributed by atoms with Gasteiger partial charge in [-0.1, -0.05) is 13.8 Å². The Kier molecular flexibility index (Phi) is 1.65. The van der Waals surface area contributed by atoms with Gasteiger partial charge < -0.3 is 5.73 Å². The second-order valence-electron chi connectivity index (χ2n) is 4.42. The van der Waals surface area contributed by atoms with E-state index in [2.05, 4.69) is 31.0 Å². The molecule has 0 atom stereocenters. The number of hydrogen-bond donors (Lipinski definition) is 2. The predicted molar refractivity (Wildman–Crippen MR) is 53.5 cm³/mol. The average molecular weight is 179 g/mol. The molecule has 1 aromatic rings. The molecule has 0 unspecified atom stereocenters. The van der Waals surface area contributed by atoms with Crippen molar-refractivity contribution in [1.29, 1.82) is 0 Å². The molecule has 0 aromatic carbocycles. The van der Waals surface area contributed by atoms with Crippen molar-refractivity contribution in [1.82, 2.24) is 10.2 Å². The van der Waals surface area contributed by atoms with Crippen LogP contribution >= 0.6 is 0 Å². The Hall–Kier alpha value is -0.990. The fourth-order valence-electron chi connectivity index (χ4n) is 2.15. The first-order valence-corrected chi connectivity index (χ1v) is 4.89. The number of aromatic amines is 1. The van der Waals surface area contributed by atoms with Crippen molar-refractivity contribution in [3.05, 3.63) is 11.3 Å². The standard InChI is InChI=1S/C10H17N3/c1-6(2)10(4-5-10)8-7(3)9(11)13-12-8/h6H,4-5H2,1-3H3,(H3,11,12,13). The summed E-state index contributed by atoms with van der Waals surface area (Å²) in [5.74, 6) is 1.33. The summed E-state index contributed by atoms with van der Waals surface area (Å²) >= 11 is 0. The molecule has 0 aliphatic heterocycles. The summed E-state index contributed by atoms with van der Waals surface area (Å²) in [6.45, 7) is 6.59. The molecular formula is C10H17N3. The summed E-state index contributed by atoms with van der Waals surface area (Å²) in [6.07, 6.45) is 2.54. The molecule has 0 saturated heterocycles. The SMILES string of the molecule is Cc1c(N)n[nH]c1C1(C(C)C)CC1. The Bertz CT molecular complexity index is 321. The minimum Gasteiger partial charge on any atom is -0.382 e. The Labute approximate surface area is 78.7 Å². The number of nitrogens with zero attached hydrogens (tertiary/aromatic N) is 1. The summed E-state index contributed by atoms with van der Waals surface area (Å²) < 4.78 is 0. The number of H-pyrrole nitrogens is 1. The van der Waals surface area contributed by atoms with Crippen LogP contribution < -0.4 is 5.73 Å². The van der Waals surface area contributed by atoms with E-state index in [1.807, 2.05) is 0 Å². The first kappa shape index (κ1) is 8.60. The van der Waals surface area contributed by atoms with Crippen molar-refractivity contribution in [2.45, 2.75) is 39.0 Å². The first-order chi connectivity index (χ1) is 6.08. The molecule has 3 heteroatoms. The van der Waals surface area contributed by atoms with Crippen molar-refractivity contribution < 1.29 is 0 Å². The van der Waals surface area contributed by atoms with Gasteiger partial charge in [-0.3, -0.25) is 5.10 Å². The largest absolute Gasteiger partial charge is 0.382 e. The van der Waals surface area contributed by atoms with Gasteiger partial charge in [-0.2, -0.15) is 5.10 Å². The Balaban J connectivity index is 2.41. The van der Waals surface area contributed by atoms with Crippen LogP contribution in [0.15, 0.2) is 0 Å². The number of anilines is 1. The summed E-state index contributed by atoms with van der Waals surface area (Å²) in [6, 6.07) is 0. The van der Waals surface area contributed by atoms with Crippen LogP contribution in [0.5, 0.6) is 0 Å². The number of nitrogens with one attached hydrogen (secondary N) is 1. The van der Waals surface area contributed by atoms with Crippen LogP contribution in [0.2, 0.25) is 0 Å². The van der Waals surface area contributed by atoms with E-state index in [4.69, 9.17) is 5.73 Å². The lowest BCUT2D eigenvalue weighted by atomic mass is 9.87. The van der Waals surface area contributed by atoms with E-state index in [1.165, 1.54) is 18.5 Å². The van der Waals surface area contributed by atoms with E-state index >= 15 is 0 Å². The zero-order valence-corrected chi connectivity index (χ0v) is 8.52. The average Bonchev–Trinajstić information content (AvgIpc) is 2.80. The molecule has 0 radical (unpaired) electrons. The third kappa shape index (κ3) is 1.06. The minimum atomic E-state index is 0.356. The predicted octanol–water partition coefficient (Wildman–Crippen LogP) is 1.99. The van der Waals surface area contributed by atoms with E-state index < -0.39 is 0 Å². The molecule has 1 saturated carbocycles. The van der Waals surface area contributed by atoms with Gasteiger partial charge in [-0.25, -0.2) is 0 Å². The van der Waals surface area contributed by atoms with Gasteiger partial charge in [0.15, 0.2) is 0 Å². The van der Waals surface area contributed by atoms with E-state index in [0.29, 0.717) is 17.2 Å².